The fourth-order valence-corrected chi connectivity index (χ4v) is 2.26. The van der Waals surface area contributed by atoms with Crippen LogP contribution in [0.15, 0.2) is 24.3 Å². The van der Waals surface area contributed by atoms with Gasteiger partial charge in [-0.1, -0.05) is 6.92 Å². The van der Waals surface area contributed by atoms with Crippen molar-refractivity contribution in [1.29, 1.82) is 5.26 Å². The van der Waals surface area contributed by atoms with Gasteiger partial charge >= 0.3 is 0 Å². The SMILES string of the molecule is C[C@H]1CCNC(=O)[C@H]1NCCOc1ccc(C#N)cc1. The summed E-state index contributed by atoms with van der Waals surface area (Å²) in [6.45, 7) is 3.95. The van der Waals surface area contributed by atoms with Gasteiger partial charge in [0.05, 0.1) is 17.7 Å². The molecule has 0 aliphatic carbocycles. The van der Waals surface area contributed by atoms with E-state index in [9.17, 15) is 4.79 Å². The Kier molecular flexibility index (Phi) is 4.97. The highest BCUT2D eigenvalue weighted by atomic mass is 16.5. The minimum Gasteiger partial charge on any atom is -0.492 e. The number of piperidine rings is 1. The Bertz CT molecular complexity index is 493. The highest BCUT2D eigenvalue weighted by Gasteiger charge is 2.27. The molecule has 1 fully saturated rings. The normalized spacial score (nSPS) is 21.9. The van der Waals surface area contributed by atoms with Crippen LogP contribution in [0.2, 0.25) is 0 Å². The fourth-order valence-electron chi connectivity index (χ4n) is 2.26. The average molecular weight is 273 g/mol. The second-order valence-corrected chi connectivity index (χ2v) is 4.97. The summed E-state index contributed by atoms with van der Waals surface area (Å²) in [5.41, 5.74) is 0.614. The van der Waals surface area contributed by atoms with Crippen molar-refractivity contribution in [2.24, 2.45) is 5.92 Å². The third-order valence-corrected chi connectivity index (χ3v) is 3.47. The Morgan fingerprint density at radius 2 is 2.20 bits per heavy atom. The maximum absolute atomic E-state index is 11.7. The number of amides is 1. The van der Waals surface area contributed by atoms with E-state index >= 15 is 0 Å². The number of ether oxygens (including phenoxy) is 1. The molecule has 2 atom stereocenters. The lowest BCUT2D eigenvalue weighted by atomic mass is 9.94. The number of benzene rings is 1. The minimum atomic E-state index is -0.131. The van der Waals surface area contributed by atoms with E-state index in [4.69, 9.17) is 10.00 Å². The Morgan fingerprint density at radius 1 is 1.45 bits per heavy atom. The maximum Gasteiger partial charge on any atom is 0.237 e. The minimum absolute atomic E-state index is 0.0714. The van der Waals surface area contributed by atoms with E-state index in [0.717, 1.165) is 18.7 Å². The van der Waals surface area contributed by atoms with Crippen LogP contribution in [0, 0.1) is 17.2 Å². The number of carbonyl (C=O) groups is 1. The molecule has 1 aromatic rings. The molecule has 5 nitrogen and oxygen atoms in total. The van der Waals surface area contributed by atoms with Gasteiger partial charge in [-0.05, 0) is 36.6 Å². The monoisotopic (exact) mass is 273 g/mol. The smallest absolute Gasteiger partial charge is 0.237 e. The van der Waals surface area contributed by atoms with Crippen molar-refractivity contribution in [1.82, 2.24) is 10.6 Å². The molecule has 1 amide bonds. The van der Waals surface area contributed by atoms with Crippen LogP contribution >= 0.6 is 0 Å². The third kappa shape index (κ3) is 3.72. The summed E-state index contributed by atoms with van der Waals surface area (Å²) in [4.78, 5) is 11.7. The van der Waals surface area contributed by atoms with Crippen LogP contribution in [0.4, 0.5) is 0 Å². The Balaban J connectivity index is 1.73. The molecule has 1 saturated heterocycles. The molecule has 0 radical (unpaired) electrons. The van der Waals surface area contributed by atoms with Crippen LogP contribution in [0.3, 0.4) is 0 Å². The van der Waals surface area contributed by atoms with E-state index in [0.29, 0.717) is 24.6 Å². The Hall–Kier alpha value is -2.06. The van der Waals surface area contributed by atoms with Gasteiger partial charge in [-0.3, -0.25) is 4.79 Å². The summed E-state index contributed by atoms with van der Waals surface area (Å²) in [5, 5.41) is 14.8. The predicted octanol–water partition coefficient (Wildman–Crippen LogP) is 1.05. The fraction of sp³-hybridized carbons (Fsp3) is 0.467. The predicted molar refractivity (Wildman–Crippen MR) is 75.2 cm³/mol. The van der Waals surface area contributed by atoms with Gasteiger partial charge in [0.15, 0.2) is 0 Å². The van der Waals surface area contributed by atoms with E-state index in [1.807, 2.05) is 0 Å². The van der Waals surface area contributed by atoms with Crippen molar-refractivity contribution in [2.45, 2.75) is 19.4 Å². The van der Waals surface area contributed by atoms with Crippen molar-refractivity contribution in [3.05, 3.63) is 29.8 Å². The largest absolute Gasteiger partial charge is 0.492 e. The van der Waals surface area contributed by atoms with Crippen LogP contribution in [-0.2, 0) is 4.79 Å². The Morgan fingerprint density at radius 3 is 2.85 bits per heavy atom. The van der Waals surface area contributed by atoms with E-state index in [1.165, 1.54) is 0 Å². The molecule has 1 heterocycles. The average Bonchev–Trinajstić information content (AvgIpc) is 2.46. The first kappa shape index (κ1) is 14.4. The molecule has 0 unspecified atom stereocenters. The van der Waals surface area contributed by atoms with Crippen molar-refractivity contribution < 1.29 is 9.53 Å². The summed E-state index contributed by atoms with van der Waals surface area (Å²) < 4.78 is 5.56. The number of carbonyl (C=O) groups excluding carboxylic acids is 1. The van der Waals surface area contributed by atoms with Crippen LogP contribution in [-0.4, -0.2) is 31.6 Å². The quantitative estimate of drug-likeness (QED) is 0.786. The first-order valence-corrected chi connectivity index (χ1v) is 6.85. The van der Waals surface area contributed by atoms with Crippen LogP contribution in [0.1, 0.15) is 18.9 Å². The summed E-state index contributed by atoms with van der Waals surface area (Å²) in [6.07, 6.45) is 1.000. The molecule has 1 aliphatic rings. The molecular formula is C15H19N3O2. The lowest BCUT2D eigenvalue weighted by Crippen LogP contribution is -2.53. The molecule has 0 aromatic heterocycles. The number of nitriles is 1. The van der Waals surface area contributed by atoms with E-state index < -0.39 is 0 Å². The summed E-state index contributed by atoms with van der Waals surface area (Å²) in [5.74, 6) is 1.15. The van der Waals surface area contributed by atoms with Gasteiger partial charge in [0.1, 0.15) is 12.4 Å². The zero-order valence-corrected chi connectivity index (χ0v) is 11.6. The van der Waals surface area contributed by atoms with Crippen LogP contribution in [0.5, 0.6) is 5.75 Å². The molecule has 106 valence electrons. The van der Waals surface area contributed by atoms with Gasteiger partial charge < -0.3 is 15.4 Å². The van der Waals surface area contributed by atoms with Gasteiger partial charge in [0, 0.05) is 13.1 Å². The standard InChI is InChI=1S/C15H19N3O2/c1-11-6-7-18-15(19)14(11)17-8-9-20-13-4-2-12(10-16)3-5-13/h2-5,11,14,17H,6-9H2,1H3,(H,18,19)/t11-,14-/m0/s1. The van der Waals surface area contributed by atoms with Gasteiger partial charge in [-0.2, -0.15) is 5.26 Å². The molecule has 1 aliphatic heterocycles. The van der Waals surface area contributed by atoms with Crippen LogP contribution < -0.4 is 15.4 Å². The molecule has 5 heteroatoms. The number of hydrogen-bond donors (Lipinski definition) is 2. The molecule has 0 spiro atoms. The number of nitrogens with one attached hydrogen (secondary N) is 2. The number of hydrogen-bond acceptors (Lipinski definition) is 4. The molecule has 1 aromatic carbocycles. The first-order chi connectivity index (χ1) is 9.70. The summed E-state index contributed by atoms with van der Waals surface area (Å²) in [6, 6.07) is 8.92. The second kappa shape index (κ2) is 6.92. The summed E-state index contributed by atoms with van der Waals surface area (Å²) in [7, 11) is 0. The van der Waals surface area contributed by atoms with Crippen molar-refractivity contribution in [3.8, 4) is 11.8 Å². The topological polar surface area (TPSA) is 74.2 Å². The molecule has 0 saturated carbocycles. The van der Waals surface area contributed by atoms with Gasteiger partial charge in [0.2, 0.25) is 5.91 Å². The first-order valence-electron chi connectivity index (χ1n) is 6.85. The van der Waals surface area contributed by atoms with Crippen molar-refractivity contribution in [3.63, 3.8) is 0 Å². The molecule has 20 heavy (non-hydrogen) atoms. The maximum atomic E-state index is 11.7. The van der Waals surface area contributed by atoms with E-state index in [-0.39, 0.29) is 11.9 Å². The Labute approximate surface area is 118 Å². The number of rotatable bonds is 5. The van der Waals surface area contributed by atoms with Gasteiger partial charge in [0.25, 0.3) is 0 Å². The lowest BCUT2D eigenvalue weighted by Gasteiger charge is -2.29. The van der Waals surface area contributed by atoms with E-state index in [2.05, 4.69) is 23.6 Å². The molecule has 2 N–H and O–H groups in total. The zero-order chi connectivity index (χ0) is 14.4. The zero-order valence-electron chi connectivity index (χ0n) is 11.6. The molecule has 2 rings (SSSR count). The molecule has 0 bridgehead atoms. The van der Waals surface area contributed by atoms with E-state index in [1.54, 1.807) is 24.3 Å². The second-order valence-electron chi connectivity index (χ2n) is 4.97. The lowest BCUT2D eigenvalue weighted by molar-refractivity contribution is -0.126. The summed E-state index contributed by atoms with van der Waals surface area (Å²) >= 11 is 0. The highest BCUT2D eigenvalue weighted by molar-refractivity contribution is 5.82. The van der Waals surface area contributed by atoms with Gasteiger partial charge in [-0.15, -0.1) is 0 Å². The van der Waals surface area contributed by atoms with Crippen molar-refractivity contribution >= 4 is 5.91 Å². The third-order valence-electron chi connectivity index (χ3n) is 3.47. The highest BCUT2D eigenvalue weighted by Crippen LogP contribution is 2.13. The van der Waals surface area contributed by atoms with Gasteiger partial charge in [-0.25, -0.2) is 0 Å². The van der Waals surface area contributed by atoms with Crippen molar-refractivity contribution in [2.75, 3.05) is 19.7 Å². The number of nitrogens with zero attached hydrogens (tertiary/aromatic N) is 1. The van der Waals surface area contributed by atoms with Crippen LogP contribution in [0.25, 0.3) is 0 Å². The molecular weight excluding hydrogens is 254 g/mol.